The lowest BCUT2D eigenvalue weighted by Crippen LogP contribution is -2.57. The van der Waals surface area contributed by atoms with Crippen molar-refractivity contribution in [2.24, 2.45) is 16.2 Å². The van der Waals surface area contributed by atoms with Crippen LogP contribution in [0.3, 0.4) is 0 Å². The SMILES string of the molecule is Cc1cc(CC(=O)COCC(C)(C)C2OCC3(CO2)COC(C(C)(C)COCC(=O)Cc2cc(C)c(O)c(C(C)(C)C)c2)OC3)cc(C(C)(C)C)c1O. The Labute approximate surface area is 316 Å². The standard InChI is InChI=1S/C43H64O10/c1-27-13-29(17-33(35(27)46)39(3,4)5)15-31(44)19-48-21-41(9,10)37-50-23-43(24-51-37)25-52-38(53-26-43)42(11,12)22-49-20-32(45)16-30-14-28(2)36(47)34(18-30)40(6,7)8/h13-14,17-18,37-38,46-47H,15-16,19-26H2,1-12H3. The molecule has 0 radical (unpaired) electrons. The van der Waals surface area contributed by atoms with Gasteiger partial charge in [-0.05, 0) is 58.1 Å². The maximum atomic E-state index is 12.8. The number of benzene rings is 2. The van der Waals surface area contributed by atoms with E-state index in [9.17, 15) is 19.8 Å². The van der Waals surface area contributed by atoms with E-state index in [1.54, 1.807) is 0 Å². The van der Waals surface area contributed by atoms with Crippen molar-refractivity contribution in [3.8, 4) is 11.5 Å². The minimum atomic E-state index is -0.525. The Balaban J connectivity index is 1.18. The number of aryl methyl sites for hydroxylation is 2. The van der Waals surface area contributed by atoms with E-state index in [1.807, 2.05) is 107 Å². The molecule has 296 valence electrons. The van der Waals surface area contributed by atoms with Gasteiger partial charge in [0.2, 0.25) is 0 Å². The molecular formula is C43H64O10. The molecule has 0 aliphatic carbocycles. The molecule has 0 atom stereocenters. The monoisotopic (exact) mass is 740 g/mol. The van der Waals surface area contributed by atoms with Crippen molar-refractivity contribution < 1.29 is 48.2 Å². The van der Waals surface area contributed by atoms with E-state index in [1.165, 1.54) is 0 Å². The van der Waals surface area contributed by atoms with Gasteiger partial charge in [0.1, 0.15) is 24.7 Å². The molecule has 0 bridgehead atoms. The van der Waals surface area contributed by atoms with Gasteiger partial charge >= 0.3 is 0 Å². The second-order valence-electron chi connectivity index (χ2n) is 18.9. The number of phenolic OH excluding ortho intramolecular Hbond substituents is 2. The summed E-state index contributed by atoms with van der Waals surface area (Å²) in [7, 11) is 0. The van der Waals surface area contributed by atoms with Crippen LogP contribution in [0.15, 0.2) is 24.3 Å². The molecule has 0 unspecified atom stereocenters. The molecule has 2 heterocycles. The first-order chi connectivity index (χ1) is 24.4. The van der Waals surface area contributed by atoms with Crippen LogP contribution in [0.4, 0.5) is 0 Å². The number of aromatic hydroxyl groups is 2. The zero-order chi connectivity index (χ0) is 39.6. The van der Waals surface area contributed by atoms with Crippen LogP contribution >= 0.6 is 0 Å². The van der Waals surface area contributed by atoms with Crippen molar-refractivity contribution in [3.05, 3.63) is 57.6 Å². The molecule has 2 aliphatic rings. The third-order valence-corrected chi connectivity index (χ3v) is 10.1. The predicted molar refractivity (Wildman–Crippen MR) is 204 cm³/mol. The topological polar surface area (TPSA) is 130 Å². The van der Waals surface area contributed by atoms with E-state index in [2.05, 4.69) is 0 Å². The zero-order valence-electron chi connectivity index (χ0n) is 34.2. The second kappa shape index (κ2) is 16.5. The Kier molecular flexibility index (Phi) is 13.3. The second-order valence-corrected chi connectivity index (χ2v) is 18.9. The fourth-order valence-corrected chi connectivity index (χ4v) is 6.86. The number of phenols is 2. The molecule has 2 aromatic carbocycles. The number of rotatable bonds is 14. The van der Waals surface area contributed by atoms with Crippen LogP contribution in [0.5, 0.6) is 11.5 Å². The molecule has 0 aromatic heterocycles. The van der Waals surface area contributed by atoms with Crippen LogP contribution in [-0.4, -0.2) is 87.2 Å². The summed E-state index contributed by atoms with van der Waals surface area (Å²) < 4.78 is 36.6. The number of ketones is 2. The van der Waals surface area contributed by atoms with Crippen molar-refractivity contribution in [1.82, 2.24) is 0 Å². The average molecular weight is 741 g/mol. The van der Waals surface area contributed by atoms with Gasteiger partial charge in [-0.2, -0.15) is 0 Å². The summed E-state index contributed by atoms with van der Waals surface area (Å²) >= 11 is 0. The van der Waals surface area contributed by atoms with Crippen molar-refractivity contribution in [2.45, 2.75) is 119 Å². The van der Waals surface area contributed by atoms with E-state index in [4.69, 9.17) is 28.4 Å². The summed E-state index contributed by atoms with van der Waals surface area (Å²) in [6.45, 7) is 25.9. The fourth-order valence-electron chi connectivity index (χ4n) is 6.86. The molecule has 4 rings (SSSR count). The largest absolute Gasteiger partial charge is 0.507 e. The Morgan fingerprint density at radius 3 is 1.25 bits per heavy atom. The van der Waals surface area contributed by atoms with Gasteiger partial charge < -0.3 is 38.6 Å². The Morgan fingerprint density at radius 2 is 0.943 bits per heavy atom. The van der Waals surface area contributed by atoms with Crippen molar-refractivity contribution in [1.29, 1.82) is 0 Å². The van der Waals surface area contributed by atoms with Crippen molar-refractivity contribution in [3.63, 3.8) is 0 Å². The summed E-state index contributed by atoms with van der Waals surface area (Å²) in [6, 6.07) is 7.53. The van der Waals surface area contributed by atoms with Crippen molar-refractivity contribution >= 4 is 11.6 Å². The maximum absolute atomic E-state index is 12.8. The van der Waals surface area contributed by atoms with Crippen molar-refractivity contribution in [2.75, 3.05) is 52.9 Å². The first kappa shape index (κ1) is 42.9. The van der Waals surface area contributed by atoms with E-state index < -0.39 is 28.8 Å². The molecule has 2 N–H and O–H groups in total. The highest BCUT2D eigenvalue weighted by atomic mass is 16.7. The number of hydrogen-bond acceptors (Lipinski definition) is 10. The van der Waals surface area contributed by atoms with Crippen LogP contribution in [0.1, 0.15) is 103 Å². The molecule has 53 heavy (non-hydrogen) atoms. The molecule has 10 heteroatoms. The molecular weight excluding hydrogens is 676 g/mol. The van der Waals surface area contributed by atoms with Gasteiger partial charge in [-0.15, -0.1) is 0 Å². The molecule has 10 nitrogen and oxygen atoms in total. The Bertz CT molecular complexity index is 1470. The van der Waals surface area contributed by atoms with Gasteiger partial charge in [0.25, 0.3) is 0 Å². The highest BCUT2D eigenvalue weighted by Gasteiger charge is 2.48. The maximum Gasteiger partial charge on any atom is 0.164 e. The minimum Gasteiger partial charge on any atom is -0.507 e. The van der Waals surface area contributed by atoms with Crippen LogP contribution in [0.2, 0.25) is 0 Å². The Morgan fingerprint density at radius 1 is 0.623 bits per heavy atom. The number of Topliss-reactive ketones (excluding diaryl/α,β-unsaturated/α-hetero) is 2. The van der Waals surface area contributed by atoms with E-state index in [-0.39, 0.29) is 73.2 Å². The van der Waals surface area contributed by atoms with Gasteiger partial charge in [-0.25, -0.2) is 0 Å². The third kappa shape index (κ3) is 11.1. The first-order valence-electron chi connectivity index (χ1n) is 18.7. The normalized spacial score (nSPS) is 21.6. The highest BCUT2D eigenvalue weighted by Crippen LogP contribution is 2.39. The molecule has 0 saturated carbocycles. The minimum absolute atomic E-state index is 0.0298. The molecule has 2 aromatic rings. The van der Waals surface area contributed by atoms with Gasteiger partial charge in [-0.3, -0.25) is 9.59 Å². The zero-order valence-corrected chi connectivity index (χ0v) is 34.2. The van der Waals surface area contributed by atoms with Gasteiger partial charge in [0.05, 0.1) is 45.1 Å². The summed E-state index contributed by atoms with van der Waals surface area (Å²) in [5.41, 5.74) is 2.92. The number of carbonyl (C=O) groups excluding carboxylic acids is 2. The van der Waals surface area contributed by atoms with Gasteiger partial charge in [-0.1, -0.05) is 93.5 Å². The lowest BCUT2D eigenvalue weighted by Gasteiger charge is -2.48. The molecule has 2 aliphatic heterocycles. The number of ether oxygens (including phenoxy) is 6. The molecule has 2 saturated heterocycles. The van der Waals surface area contributed by atoms with Crippen LogP contribution in [-0.2, 0) is 61.7 Å². The predicted octanol–water partition coefficient (Wildman–Crippen LogP) is 7.05. The van der Waals surface area contributed by atoms with E-state index in [0.717, 1.165) is 33.4 Å². The van der Waals surface area contributed by atoms with Crippen LogP contribution < -0.4 is 0 Å². The average Bonchev–Trinajstić information content (AvgIpc) is 3.03. The summed E-state index contributed by atoms with van der Waals surface area (Å²) in [5, 5.41) is 21.0. The quantitative estimate of drug-likeness (QED) is 0.208. The third-order valence-electron chi connectivity index (χ3n) is 10.1. The highest BCUT2D eigenvalue weighted by molar-refractivity contribution is 5.82. The summed E-state index contributed by atoms with van der Waals surface area (Å²) in [5.74, 6) is 0.471. The fraction of sp³-hybridized carbons (Fsp3) is 0.674. The number of hydrogen-bond donors (Lipinski definition) is 2. The van der Waals surface area contributed by atoms with Crippen LogP contribution in [0.25, 0.3) is 0 Å². The van der Waals surface area contributed by atoms with Crippen LogP contribution in [0, 0.1) is 30.1 Å². The molecule has 0 amide bonds. The Hall–Kier alpha value is -2.86. The molecule has 1 spiro atoms. The lowest BCUT2D eigenvalue weighted by molar-refractivity contribution is -0.338. The molecule has 2 fully saturated rings. The summed E-state index contributed by atoms with van der Waals surface area (Å²) in [4.78, 5) is 25.7. The van der Waals surface area contributed by atoms with Gasteiger partial charge in [0.15, 0.2) is 24.1 Å². The number of carbonyl (C=O) groups is 2. The van der Waals surface area contributed by atoms with E-state index in [0.29, 0.717) is 26.4 Å². The lowest BCUT2D eigenvalue weighted by atomic mass is 9.83. The first-order valence-corrected chi connectivity index (χ1v) is 18.7. The van der Waals surface area contributed by atoms with E-state index >= 15 is 0 Å². The smallest absolute Gasteiger partial charge is 0.164 e. The van der Waals surface area contributed by atoms with Gasteiger partial charge in [0, 0.05) is 23.7 Å². The summed E-state index contributed by atoms with van der Waals surface area (Å²) in [6.07, 6.45) is -0.596.